The molecule has 2 N–H and O–H groups in total. The monoisotopic (exact) mass is 190 g/mol. The van der Waals surface area contributed by atoms with Gasteiger partial charge in [0.05, 0.1) is 0 Å². The van der Waals surface area contributed by atoms with E-state index in [4.69, 9.17) is 5.84 Å². The van der Waals surface area contributed by atoms with E-state index in [2.05, 4.69) is 0 Å². The highest BCUT2D eigenvalue weighted by Gasteiger charge is 2.55. The summed E-state index contributed by atoms with van der Waals surface area (Å²) < 4.78 is 25.4. The topological polar surface area (TPSA) is 29.3 Å². The summed E-state index contributed by atoms with van der Waals surface area (Å²) >= 11 is 0. The maximum atomic E-state index is 12.7. The van der Waals surface area contributed by atoms with Crippen molar-refractivity contribution in [3.05, 3.63) is 11.8 Å². The van der Waals surface area contributed by atoms with Crippen LogP contribution in [0.5, 0.6) is 0 Å². The van der Waals surface area contributed by atoms with Crippen molar-refractivity contribution in [2.75, 3.05) is 7.05 Å². The zero-order chi connectivity index (χ0) is 10.3. The summed E-state index contributed by atoms with van der Waals surface area (Å²) in [7, 11) is 1.68. The van der Waals surface area contributed by atoms with E-state index in [1.165, 1.54) is 5.01 Å². The van der Waals surface area contributed by atoms with Crippen LogP contribution in [-0.2, 0) is 0 Å². The molecule has 0 heterocycles. The fourth-order valence-corrected chi connectivity index (χ4v) is 2.25. The smallest absolute Gasteiger partial charge is 0.250 e. The minimum Gasteiger partial charge on any atom is -0.318 e. The lowest BCUT2D eigenvalue weighted by molar-refractivity contribution is -0.145. The average molecular weight is 190 g/mol. The van der Waals surface area contributed by atoms with E-state index < -0.39 is 11.3 Å². The summed E-state index contributed by atoms with van der Waals surface area (Å²) in [6, 6.07) is 0. The molecule has 2 nitrogen and oxygen atoms in total. The van der Waals surface area contributed by atoms with Gasteiger partial charge in [0.15, 0.2) is 0 Å². The normalized spacial score (nSPS) is 25.2. The number of hydrogen-bond donors (Lipinski definition) is 1. The number of nitrogens with two attached hydrogens (primary N) is 1. The molecule has 1 fully saturated rings. The molecule has 0 saturated heterocycles. The van der Waals surface area contributed by atoms with Crippen LogP contribution >= 0.6 is 0 Å². The quantitative estimate of drug-likeness (QED) is 0.534. The van der Waals surface area contributed by atoms with Crippen molar-refractivity contribution in [3.8, 4) is 0 Å². The average Bonchev–Trinajstić information content (AvgIpc) is 1.81. The van der Waals surface area contributed by atoms with Crippen molar-refractivity contribution in [3.63, 3.8) is 0 Å². The molecule has 1 aliphatic carbocycles. The van der Waals surface area contributed by atoms with Crippen LogP contribution in [-0.4, -0.2) is 18.0 Å². The minimum absolute atomic E-state index is 0.0960. The lowest BCUT2D eigenvalue weighted by Gasteiger charge is -2.47. The lowest BCUT2D eigenvalue weighted by Crippen LogP contribution is -2.49. The lowest BCUT2D eigenvalue weighted by atomic mass is 9.65. The molecule has 0 aromatic rings. The molecule has 4 heteroatoms. The van der Waals surface area contributed by atoms with Gasteiger partial charge in [-0.1, -0.05) is 13.0 Å². The number of hydrogen-bond acceptors (Lipinski definition) is 2. The van der Waals surface area contributed by atoms with Gasteiger partial charge < -0.3 is 5.01 Å². The summed E-state index contributed by atoms with van der Waals surface area (Å²) in [6.07, 6.45) is 1.61. The van der Waals surface area contributed by atoms with Gasteiger partial charge in [0.2, 0.25) is 5.92 Å². The Kier molecular flexibility index (Phi) is 2.36. The second-order valence-electron chi connectivity index (χ2n) is 4.05. The maximum Gasteiger partial charge on any atom is 0.250 e. The first-order valence-corrected chi connectivity index (χ1v) is 4.34. The van der Waals surface area contributed by atoms with Gasteiger partial charge in [-0.05, 0) is 6.92 Å². The Hall–Kier alpha value is -0.640. The fraction of sp³-hybridized carbons (Fsp3) is 0.778. The van der Waals surface area contributed by atoms with E-state index in [0.717, 1.165) is 5.70 Å². The van der Waals surface area contributed by atoms with Crippen LogP contribution in [0.4, 0.5) is 8.78 Å². The highest BCUT2D eigenvalue weighted by Crippen LogP contribution is 2.55. The zero-order valence-electron chi connectivity index (χ0n) is 8.27. The number of allylic oxidation sites excluding steroid dienone is 2. The minimum atomic E-state index is -2.50. The highest BCUT2D eigenvalue weighted by molar-refractivity contribution is 5.17. The van der Waals surface area contributed by atoms with Crippen molar-refractivity contribution >= 4 is 0 Å². The molecular weight excluding hydrogens is 174 g/mol. The molecule has 1 rings (SSSR count). The molecule has 0 spiro atoms. The number of rotatable bonds is 2. The largest absolute Gasteiger partial charge is 0.318 e. The fourth-order valence-electron chi connectivity index (χ4n) is 2.25. The second kappa shape index (κ2) is 2.94. The van der Waals surface area contributed by atoms with Crippen LogP contribution in [0.25, 0.3) is 0 Å². The molecule has 76 valence electrons. The first-order chi connectivity index (χ1) is 5.81. The van der Waals surface area contributed by atoms with Crippen LogP contribution in [0.1, 0.15) is 26.7 Å². The molecule has 0 aromatic heterocycles. The number of halogens is 2. The van der Waals surface area contributed by atoms with Gasteiger partial charge in [-0.3, -0.25) is 0 Å². The summed E-state index contributed by atoms with van der Waals surface area (Å²) in [4.78, 5) is 0. The predicted octanol–water partition coefficient (Wildman–Crippen LogP) is 2.13. The van der Waals surface area contributed by atoms with Gasteiger partial charge in [0, 0.05) is 31.0 Å². The third kappa shape index (κ3) is 1.82. The maximum absolute atomic E-state index is 12.7. The van der Waals surface area contributed by atoms with E-state index in [1.807, 2.05) is 13.8 Å². The van der Waals surface area contributed by atoms with Crippen LogP contribution in [0.15, 0.2) is 11.8 Å². The molecule has 0 unspecified atom stereocenters. The molecule has 13 heavy (non-hydrogen) atoms. The second-order valence-corrected chi connectivity index (χ2v) is 4.05. The van der Waals surface area contributed by atoms with E-state index >= 15 is 0 Å². The Balaban J connectivity index is 2.74. The van der Waals surface area contributed by atoms with Crippen LogP contribution in [0.3, 0.4) is 0 Å². The first kappa shape index (κ1) is 10.4. The van der Waals surface area contributed by atoms with Gasteiger partial charge in [-0.15, -0.1) is 0 Å². The highest BCUT2D eigenvalue weighted by atomic mass is 19.3. The van der Waals surface area contributed by atoms with Crippen LogP contribution in [0, 0.1) is 5.41 Å². The number of hydrazine groups is 1. The summed E-state index contributed by atoms with van der Waals surface area (Å²) in [5.41, 5.74) is 0.348. The van der Waals surface area contributed by atoms with Crippen molar-refractivity contribution in [2.24, 2.45) is 11.3 Å². The van der Waals surface area contributed by atoms with Crippen LogP contribution in [0.2, 0.25) is 0 Å². The van der Waals surface area contributed by atoms with Crippen molar-refractivity contribution < 1.29 is 8.78 Å². The molecule has 0 atom stereocenters. The SMILES string of the molecule is C/C=C(\N(C)N)C1(C)CC(F)(F)C1. The van der Waals surface area contributed by atoms with Crippen LogP contribution < -0.4 is 5.84 Å². The Morgan fingerprint density at radius 1 is 1.46 bits per heavy atom. The van der Waals surface area contributed by atoms with Gasteiger partial charge in [0.1, 0.15) is 0 Å². The Bertz CT molecular complexity index is 226. The van der Waals surface area contributed by atoms with Crippen molar-refractivity contribution in [2.45, 2.75) is 32.6 Å². The molecule has 1 saturated carbocycles. The standard InChI is InChI=1S/C9H16F2N2/c1-4-7(13(3)12)8(2)5-9(10,11)6-8/h4H,5-6,12H2,1-3H3/b7-4-. The van der Waals surface area contributed by atoms with Crippen molar-refractivity contribution in [1.29, 1.82) is 0 Å². The van der Waals surface area contributed by atoms with E-state index in [0.29, 0.717) is 0 Å². The molecule has 1 aliphatic rings. The molecule has 0 aromatic carbocycles. The van der Waals surface area contributed by atoms with Gasteiger partial charge in [-0.2, -0.15) is 0 Å². The van der Waals surface area contributed by atoms with E-state index in [1.54, 1.807) is 13.1 Å². The van der Waals surface area contributed by atoms with Gasteiger partial charge in [0.25, 0.3) is 0 Å². The summed E-state index contributed by atoms with van der Waals surface area (Å²) in [5.74, 6) is 3.05. The van der Waals surface area contributed by atoms with Gasteiger partial charge in [-0.25, -0.2) is 14.6 Å². The van der Waals surface area contributed by atoms with Gasteiger partial charge >= 0.3 is 0 Å². The summed E-state index contributed by atoms with van der Waals surface area (Å²) in [6.45, 7) is 3.64. The number of nitrogens with zero attached hydrogens (tertiary/aromatic N) is 1. The van der Waals surface area contributed by atoms with E-state index in [9.17, 15) is 8.78 Å². The molecule has 0 radical (unpaired) electrons. The molecule has 0 amide bonds. The molecular formula is C9H16F2N2. The first-order valence-electron chi connectivity index (χ1n) is 4.34. The predicted molar refractivity (Wildman–Crippen MR) is 48.0 cm³/mol. The molecule has 0 bridgehead atoms. The molecule has 0 aliphatic heterocycles. The summed E-state index contributed by atoms with van der Waals surface area (Å²) in [5, 5.41) is 1.43. The third-order valence-electron chi connectivity index (χ3n) is 2.57. The number of alkyl halides is 2. The zero-order valence-corrected chi connectivity index (χ0v) is 8.27. The Labute approximate surface area is 77.4 Å². The van der Waals surface area contributed by atoms with Crippen molar-refractivity contribution in [1.82, 2.24) is 5.01 Å². The Morgan fingerprint density at radius 2 is 1.92 bits per heavy atom. The Morgan fingerprint density at radius 3 is 2.15 bits per heavy atom. The third-order valence-corrected chi connectivity index (χ3v) is 2.57. The van der Waals surface area contributed by atoms with E-state index in [-0.39, 0.29) is 12.8 Å².